The molecule has 1 aromatic rings. The number of ether oxygens (including phenoxy) is 4. The van der Waals surface area contributed by atoms with Gasteiger partial charge in [0.2, 0.25) is 0 Å². The van der Waals surface area contributed by atoms with Gasteiger partial charge in [0.15, 0.2) is 12.4 Å². The van der Waals surface area contributed by atoms with Crippen molar-refractivity contribution in [3.8, 4) is 0 Å². The number of carbonyl (C=O) groups is 4. The Labute approximate surface area is 198 Å². The number of esters is 1. The molecule has 2 aliphatic heterocycles. The van der Waals surface area contributed by atoms with Crippen LogP contribution in [0.15, 0.2) is 24.0 Å². The van der Waals surface area contributed by atoms with Gasteiger partial charge in [-0.1, -0.05) is 23.8 Å². The maximum absolute atomic E-state index is 13.0. The van der Waals surface area contributed by atoms with E-state index in [1.807, 2.05) is 32.0 Å². The molecule has 1 N–H and O–H groups in total. The molecular formula is C25H31NO8. The minimum atomic E-state index is -0.778. The van der Waals surface area contributed by atoms with Crippen LogP contribution in [0.1, 0.15) is 55.7 Å². The van der Waals surface area contributed by atoms with Gasteiger partial charge in [-0.05, 0) is 57.6 Å². The molecule has 0 radical (unpaired) electrons. The van der Waals surface area contributed by atoms with Crippen LogP contribution in [0, 0.1) is 13.8 Å². The number of ketones is 1. The van der Waals surface area contributed by atoms with E-state index in [-0.39, 0.29) is 37.4 Å². The number of benzene rings is 1. The Morgan fingerprint density at radius 2 is 1.88 bits per heavy atom. The SMILES string of the molecule is CCOC(=O)OC1=C(c2cc(C)ccc2C)C(=O)NC12CCC(OC)CC2.O=C1COC(=O)C1. The minimum Gasteiger partial charge on any atom is -0.457 e. The summed E-state index contributed by atoms with van der Waals surface area (Å²) in [6.45, 7) is 5.84. The fraction of sp³-hybridized carbons (Fsp3) is 0.520. The first-order valence-corrected chi connectivity index (χ1v) is 11.4. The Bertz CT molecular complexity index is 990. The zero-order valence-corrected chi connectivity index (χ0v) is 20.0. The van der Waals surface area contributed by atoms with Crippen molar-refractivity contribution >= 4 is 29.4 Å². The molecule has 0 unspecified atom stereocenters. The van der Waals surface area contributed by atoms with Gasteiger partial charge in [-0.2, -0.15) is 0 Å². The summed E-state index contributed by atoms with van der Waals surface area (Å²) in [5, 5.41) is 3.11. The number of hydrogen-bond donors (Lipinski definition) is 1. The largest absolute Gasteiger partial charge is 0.513 e. The molecule has 1 saturated heterocycles. The average Bonchev–Trinajstić information content (AvgIpc) is 3.30. The van der Waals surface area contributed by atoms with Crippen molar-refractivity contribution in [1.82, 2.24) is 5.32 Å². The Morgan fingerprint density at radius 3 is 2.41 bits per heavy atom. The highest BCUT2D eigenvalue weighted by molar-refractivity contribution is 6.24. The molecule has 1 aliphatic carbocycles. The highest BCUT2D eigenvalue weighted by Gasteiger charge is 2.50. The van der Waals surface area contributed by atoms with Crippen LogP contribution in [-0.4, -0.2) is 55.8 Å². The average molecular weight is 474 g/mol. The summed E-state index contributed by atoms with van der Waals surface area (Å²) in [6, 6.07) is 5.93. The van der Waals surface area contributed by atoms with Gasteiger partial charge < -0.3 is 24.3 Å². The summed E-state index contributed by atoms with van der Waals surface area (Å²) in [6.07, 6.45) is 2.22. The lowest BCUT2D eigenvalue weighted by atomic mass is 9.79. The Kier molecular flexibility index (Phi) is 8.09. The van der Waals surface area contributed by atoms with Crippen molar-refractivity contribution in [2.24, 2.45) is 0 Å². The topological polar surface area (TPSA) is 117 Å². The Balaban J connectivity index is 0.000000396. The summed E-state index contributed by atoms with van der Waals surface area (Å²) in [5.74, 6) is -0.344. The van der Waals surface area contributed by atoms with Crippen LogP contribution >= 0.6 is 0 Å². The first-order valence-electron chi connectivity index (χ1n) is 11.4. The molecule has 184 valence electrons. The Morgan fingerprint density at radius 1 is 1.18 bits per heavy atom. The molecule has 1 saturated carbocycles. The van der Waals surface area contributed by atoms with Gasteiger partial charge in [0, 0.05) is 7.11 Å². The van der Waals surface area contributed by atoms with Gasteiger partial charge >= 0.3 is 12.1 Å². The van der Waals surface area contributed by atoms with Gasteiger partial charge in [0.25, 0.3) is 5.91 Å². The fourth-order valence-electron chi connectivity index (χ4n) is 4.40. The smallest absolute Gasteiger partial charge is 0.457 e. The molecule has 1 amide bonds. The molecule has 9 nitrogen and oxygen atoms in total. The van der Waals surface area contributed by atoms with Crippen LogP contribution in [0.4, 0.5) is 4.79 Å². The molecule has 2 fully saturated rings. The van der Waals surface area contributed by atoms with E-state index in [1.54, 1.807) is 14.0 Å². The van der Waals surface area contributed by atoms with Crippen molar-refractivity contribution in [2.45, 2.75) is 64.5 Å². The highest BCUT2D eigenvalue weighted by atomic mass is 16.7. The molecular weight excluding hydrogens is 442 g/mol. The second kappa shape index (κ2) is 10.8. The van der Waals surface area contributed by atoms with E-state index in [1.165, 1.54) is 0 Å². The van der Waals surface area contributed by atoms with Gasteiger partial charge in [0.05, 0.1) is 23.8 Å². The number of cyclic esters (lactones) is 1. The number of methoxy groups -OCH3 is 1. The third-order valence-corrected chi connectivity index (χ3v) is 6.21. The highest BCUT2D eigenvalue weighted by Crippen LogP contribution is 2.44. The molecule has 2 heterocycles. The van der Waals surface area contributed by atoms with Gasteiger partial charge in [-0.25, -0.2) is 4.79 Å². The normalized spacial score (nSPS) is 23.9. The third-order valence-electron chi connectivity index (χ3n) is 6.21. The van der Waals surface area contributed by atoms with Crippen molar-refractivity contribution < 1.29 is 38.1 Å². The lowest BCUT2D eigenvalue weighted by Gasteiger charge is -2.37. The molecule has 3 aliphatic rings. The van der Waals surface area contributed by atoms with E-state index in [9.17, 15) is 19.2 Å². The zero-order chi connectivity index (χ0) is 24.9. The van der Waals surface area contributed by atoms with E-state index in [2.05, 4.69) is 10.1 Å². The van der Waals surface area contributed by atoms with E-state index in [0.717, 1.165) is 29.5 Å². The number of carbonyl (C=O) groups excluding carboxylic acids is 4. The predicted octanol–water partition coefficient (Wildman–Crippen LogP) is 3.15. The molecule has 4 rings (SSSR count). The predicted molar refractivity (Wildman–Crippen MR) is 122 cm³/mol. The summed E-state index contributed by atoms with van der Waals surface area (Å²) in [5.41, 5.74) is 2.52. The van der Waals surface area contributed by atoms with Crippen molar-refractivity contribution in [3.63, 3.8) is 0 Å². The van der Waals surface area contributed by atoms with E-state index >= 15 is 0 Å². The molecule has 0 aromatic heterocycles. The van der Waals surface area contributed by atoms with Crippen LogP contribution in [-0.2, 0) is 33.3 Å². The zero-order valence-electron chi connectivity index (χ0n) is 20.0. The lowest BCUT2D eigenvalue weighted by Crippen LogP contribution is -2.49. The van der Waals surface area contributed by atoms with Gasteiger partial charge in [-0.15, -0.1) is 0 Å². The van der Waals surface area contributed by atoms with E-state index in [4.69, 9.17) is 14.2 Å². The minimum absolute atomic E-state index is 0.0150. The Hall–Kier alpha value is -3.20. The molecule has 34 heavy (non-hydrogen) atoms. The number of hydrogen-bond acceptors (Lipinski definition) is 8. The maximum Gasteiger partial charge on any atom is 0.513 e. The molecule has 1 spiro atoms. The quantitative estimate of drug-likeness (QED) is 0.524. The number of aryl methyl sites for hydroxylation is 2. The monoisotopic (exact) mass is 473 g/mol. The first-order chi connectivity index (χ1) is 16.2. The van der Waals surface area contributed by atoms with Gasteiger partial charge in [0.1, 0.15) is 12.2 Å². The lowest BCUT2D eigenvalue weighted by molar-refractivity contribution is -0.138. The number of rotatable bonds is 4. The van der Waals surface area contributed by atoms with Crippen LogP contribution < -0.4 is 5.32 Å². The van der Waals surface area contributed by atoms with Gasteiger partial charge in [-0.3, -0.25) is 14.4 Å². The fourth-order valence-corrected chi connectivity index (χ4v) is 4.40. The maximum atomic E-state index is 13.0. The summed E-state index contributed by atoms with van der Waals surface area (Å²) in [7, 11) is 1.70. The number of amides is 1. The van der Waals surface area contributed by atoms with Crippen LogP contribution in [0.2, 0.25) is 0 Å². The number of Topliss-reactive ketones (excluding diaryl/α,β-unsaturated/α-hetero) is 1. The molecule has 1 aromatic carbocycles. The number of nitrogens with one attached hydrogen (secondary N) is 1. The first kappa shape index (κ1) is 25.4. The second-order valence-electron chi connectivity index (χ2n) is 8.66. The summed E-state index contributed by atoms with van der Waals surface area (Å²) < 4.78 is 20.4. The van der Waals surface area contributed by atoms with Crippen LogP contribution in [0.5, 0.6) is 0 Å². The summed E-state index contributed by atoms with van der Waals surface area (Å²) >= 11 is 0. The van der Waals surface area contributed by atoms with Crippen molar-refractivity contribution in [1.29, 1.82) is 0 Å². The molecule has 9 heteroatoms. The van der Waals surface area contributed by atoms with E-state index in [0.29, 0.717) is 24.2 Å². The van der Waals surface area contributed by atoms with Crippen LogP contribution in [0.25, 0.3) is 5.57 Å². The summed E-state index contributed by atoms with van der Waals surface area (Å²) in [4.78, 5) is 45.2. The molecule has 0 atom stereocenters. The van der Waals surface area contributed by atoms with Crippen molar-refractivity contribution in [2.75, 3.05) is 20.3 Å². The van der Waals surface area contributed by atoms with Crippen LogP contribution in [0.3, 0.4) is 0 Å². The molecule has 0 bridgehead atoms. The van der Waals surface area contributed by atoms with E-state index < -0.39 is 17.7 Å². The van der Waals surface area contributed by atoms with Crippen molar-refractivity contribution in [3.05, 3.63) is 40.6 Å². The second-order valence-corrected chi connectivity index (χ2v) is 8.66. The standard InChI is InChI=1S/C21H27NO5.C4H4O3/c1-5-26-20(24)27-18-17(16-12-13(2)6-7-14(16)3)19(23)22-21(18)10-8-15(25-4)9-11-21;5-3-1-4(6)7-2-3/h6-7,12,15H,5,8-11H2,1-4H3,(H,22,23);1-2H2. The third kappa shape index (κ3) is 5.64.